The standard InChI is InChI=1S/C32H57N3O7S2/c1-26(2)10-9-14-34-31(37)23-40-20-21-41-32(43-25-44(5,6)7)24-42-29-12-8-11-28(22-29)35-30(36)13-16-38-18-19-39-17-15-33-27(3)4/h8-12,22,26-27,32-33H,13-21,23-25H2,1-7H3,(H,34,37)(H,35,36)/b10-9+. The Morgan fingerprint density at radius 3 is 2.36 bits per heavy atom. The number of allylic oxidation sites excluding steroid dienone is 1. The molecule has 0 aliphatic carbocycles. The predicted molar refractivity (Wildman–Crippen MR) is 185 cm³/mol. The maximum absolute atomic E-state index is 12.4. The molecule has 2 amide bonds. The molecule has 0 aliphatic rings. The van der Waals surface area contributed by atoms with E-state index in [2.05, 4.69) is 62.4 Å². The summed E-state index contributed by atoms with van der Waals surface area (Å²) in [6.07, 6.45) is 11.0. The number of carbonyl (C=O) groups excluding carboxylic acids is 2. The average Bonchev–Trinajstić information content (AvgIpc) is 2.94. The van der Waals surface area contributed by atoms with Crippen molar-refractivity contribution in [1.82, 2.24) is 10.6 Å². The first-order valence-electron chi connectivity index (χ1n) is 15.3. The lowest BCUT2D eigenvalue weighted by molar-refractivity contribution is -0.126. The number of carbonyl (C=O) groups is 2. The van der Waals surface area contributed by atoms with Crippen molar-refractivity contribution in [1.29, 1.82) is 0 Å². The van der Waals surface area contributed by atoms with Crippen LogP contribution < -0.4 is 20.7 Å². The van der Waals surface area contributed by atoms with Gasteiger partial charge in [-0.2, -0.15) is 0 Å². The number of amides is 2. The number of thioether (sulfide) groups is 1. The quantitative estimate of drug-likeness (QED) is 0.0751. The van der Waals surface area contributed by atoms with Crippen LogP contribution in [0.25, 0.3) is 0 Å². The predicted octanol–water partition coefficient (Wildman–Crippen LogP) is 4.50. The third-order valence-electron chi connectivity index (χ3n) is 5.46. The van der Waals surface area contributed by atoms with Gasteiger partial charge in [0, 0.05) is 36.0 Å². The fourth-order valence-corrected chi connectivity index (χ4v) is 5.95. The average molecular weight is 660 g/mol. The normalized spacial score (nSPS) is 13.0. The van der Waals surface area contributed by atoms with E-state index in [1.807, 2.05) is 30.4 Å². The van der Waals surface area contributed by atoms with Gasteiger partial charge in [0.1, 0.15) is 24.4 Å². The first kappa shape index (κ1) is 40.2. The molecule has 1 rings (SSSR count). The van der Waals surface area contributed by atoms with Crippen LogP contribution in [0.1, 0.15) is 34.1 Å². The van der Waals surface area contributed by atoms with Crippen molar-refractivity contribution >= 4 is 39.3 Å². The van der Waals surface area contributed by atoms with E-state index in [1.165, 1.54) is 0 Å². The Kier molecular flexibility index (Phi) is 22.3. The van der Waals surface area contributed by atoms with Crippen LogP contribution in [0.5, 0.6) is 5.75 Å². The first-order valence-corrected chi connectivity index (χ1v) is 19.3. The largest absolute Gasteiger partial charge is 0.490 e. The minimum atomic E-state index is -0.735. The van der Waals surface area contributed by atoms with Crippen LogP contribution in [0.2, 0.25) is 0 Å². The second kappa shape index (κ2) is 24.4. The van der Waals surface area contributed by atoms with E-state index in [0.29, 0.717) is 76.2 Å². The summed E-state index contributed by atoms with van der Waals surface area (Å²) in [6, 6.07) is 7.75. The number of nitrogens with one attached hydrogen (secondary N) is 3. The molecule has 0 aliphatic heterocycles. The molecule has 12 heteroatoms. The third kappa shape index (κ3) is 24.5. The first-order chi connectivity index (χ1) is 20.9. The minimum Gasteiger partial charge on any atom is -0.490 e. The number of benzene rings is 1. The van der Waals surface area contributed by atoms with Gasteiger partial charge in [-0.3, -0.25) is 9.59 Å². The van der Waals surface area contributed by atoms with E-state index in [0.717, 1.165) is 11.6 Å². The summed E-state index contributed by atoms with van der Waals surface area (Å²) < 4.78 is 28.6. The fourth-order valence-electron chi connectivity index (χ4n) is 3.35. The van der Waals surface area contributed by atoms with E-state index < -0.39 is 10.0 Å². The van der Waals surface area contributed by atoms with E-state index in [4.69, 9.17) is 23.7 Å². The molecule has 1 aromatic rings. The molecule has 1 aromatic carbocycles. The maximum Gasteiger partial charge on any atom is 0.246 e. The van der Waals surface area contributed by atoms with Gasteiger partial charge in [-0.05, 0) is 36.8 Å². The second-order valence-electron chi connectivity index (χ2n) is 11.7. The maximum atomic E-state index is 12.4. The van der Waals surface area contributed by atoms with Gasteiger partial charge in [-0.25, -0.2) is 10.0 Å². The van der Waals surface area contributed by atoms with Gasteiger partial charge < -0.3 is 39.6 Å². The molecular weight excluding hydrogens is 603 g/mol. The molecule has 0 aromatic heterocycles. The minimum absolute atomic E-state index is 0.00509. The van der Waals surface area contributed by atoms with Crippen molar-refractivity contribution in [2.24, 2.45) is 5.92 Å². The molecule has 10 nitrogen and oxygen atoms in total. The molecular formula is C32H57N3O7S2. The zero-order valence-corrected chi connectivity index (χ0v) is 29.5. The van der Waals surface area contributed by atoms with Crippen molar-refractivity contribution in [2.75, 3.05) is 95.1 Å². The summed E-state index contributed by atoms with van der Waals surface area (Å²) in [7, 11) is -0.735. The summed E-state index contributed by atoms with van der Waals surface area (Å²) >= 11 is 1.71. The highest BCUT2D eigenvalue weighted by atomic mass is 32.3. The lowest BCUT2D eigenvalue weighted by atomic mass is 10.2. The molecule has 0 saturated heterocycles. The SMILES string of the molecule is CC(C)/C=C/CNC(=O)COCCOC(COc1cccc(NC(=O)CCOCCOCCNC(C)C)c1)SCS(C)(C)C. The van der Waals surface area contributed by atoms with Gasteiger partial charge in [-0.1, -0.05) is 45.9 Å². The molecule has 3 N–H and O–H groups in total. The molecule has 44 heavy (non-hydrogen) atoms. The molecule has 0 fully saturated rings. The van der Waals surface area contributed by atoms with E-state index >= 15 is 0 Å². The van der Waals surface area contributed by atoms with Crippen LogP contribution in [0.3, 0.4) is 0 Å². The Morgan fingerprint density at radius 2 is 1.66 bits per heavy atom. The van der Waals surface area contributed by atoms with Gasteiger partial charge in [0.25, 0.3) is 0 Å². The monoisotopic (exact) mass is 659 g/mol. The van der Waals surface area contributed by atoms with Crippen molar-refractivity contribution in [3.63, 3.8) is 0 Å². The highest BCUT2D eigenvalue weighted by molar-refractivity contribution is 8.38. The van der Waals surface area contributed by atoms with Crippen LogP contribution in [0.15, 0.2) is 36.4 Å². The Labute approximate surface area is 271 Å². The van der Waals surface area contributed by atoms with E-state index in [1.54, 1.807) is 17.8 Å². The molecule has 0 bridgehead atoms. The lowest BCUT2D eigenvalue weighted by Crippen LogP contribution is -2.28. The summed E-state index contributed by atoms with van der Waals surface area (Å²) in [4.78, 5) is 24.3. The number of hydrogen-bond acceptors (Lipinski definition) is 9. The Bertz CT molecular complexity index is 943. The Hall–Kier alpha value is -1.80. The smallest absolute Gasteiger partial charge is 0.246 e. The van der Waals surface area contributed by atoms with Crippen LogP contribution in [0.4, 0.5) is 5.69 Å². The van der Waals surface area contributed by atoms with Crippen molar-refractivity contribution in [2.45, 2.75) is 45.6 Å². The molecule has 0 saturated carbocycles. The molecule has 0 spiro atoms. The summed E-state index contributed by atoms with van der Waals surface area (Å²) in [5, 5.41) is 9.95. The topological polar surface area (TPSA) is 116 Å². The summed E-state index contributed by atoms with van der Waals surface area (Å²) in [5.74, 6) is 0.808. The van der Waals surface area contributed by atoms with Gasteiger partial charge in [0.15, 0.2) is 0 Å². The van der Waals surface area contributed by atoms with E-state index in [9.17, 15) is 9.59 Å². The van der Waals surface area contributed by atoms with Crippen LogP contribution in [-0.4, -0.2) is 113 Å². The summed E-state index contributed by atoms with van der Waals surface area (Å²) in [5.41, 5.74) is 0.454. The zero-order valence-electron chi connectivity index (χ0n) is 27.9. The van der Waals surface area contributed by atoms with E-state index in [-0.39, 0.29) is 30.3 Å². The van der Waals surface area contributed by atoms with Crippen molar-refractivity contribution in [3.8, 4) is 5.75 Å². The van der Waals surface area contributed by atoms with Crippen molar-refractivity contribution in [3.05, 3.63) is 36.4 Å². The number of hydrogen-bond donors (Lipinski definition) is 3. The third-order valence-corrected chi connectivity index (χ3v) is 9.48. The molecule has 0 heterocycles. The lowest BCUT2D eigenvalue weighted by Gasteiger charge is -2.27. The van der Waals surface area contributed by atoms with Crippen LogP contribution >= 0.6 is 21.8 Å². The highest BCUT2D eigenvalue weighted by Crippen LogP contribution is 2.40. The van der Waals surface area contributed by atoms with Gasteiger partial charge in [0.05, 0.1) is 46.1 Å². The number of rotatable bonds is 26. The molecule has 0 radical (unpaired) electrons. The van der Waals surface area contributed by atoms with Crippen LogP contribution in [0, 0.1) is 5.92 Å². The fraction of sp³-hybridized carbons (Fsp3) is 0.688. The van der Waals surface area contributed by atoms with Crippen LogP contribution in [-0.2, 0) is 28.5 Å². The number of ether oxygens (including phenoxy) is 5. The molecule has 1 unspecified atom stereocenters. The van der Waals surface area contributed by atoms with Gasteiger partial charge in [0.2, 0.25) is 11.8 Å². The molecule has 1 atom stereocenters. The summed E-state index contributed by atoms with van der Waals surface area (Å²) in [6.45, 7) is 12.6. The van der Waals surface area contributed by atoms with Crippen molar-refractivity contribution < 1.29 is 33.3 Å². The highest BCUT2D eigenvalue weighted by Gasteiger charge is 2.15. The molecule has 254 valence electrons. The van der Waals surface area contributed by atoms with Gasteiger partial charge in [-0.15, -0.1) is 11.8 Å². The Balaban J connectivity index is 2.38. The zero-order chi connectivity index (χ0) is 32.6. The van der Waals surface area contributed by atoms with Gasteiger partial charge >= 0.3 is 0 Å². The Morgan fingerprint density at radius 1 is 0.932 bits per heavy atom. The number of anilines is 1. The second-order valence-corrected chi connectivity index (χ2v) is 17.7.